The maximum absolute atomic E-state index is 13.9. The van der Waals surface area contributed by atoms with Gasteiger partial charge in [-0.1, -0.05) is 29.5 Å². The second-order valence-electron chi connectivity index (χ2n) is 8.53. The number of ether oxygens (including phenoxy) is 3. The van der Waals surface area contributed by atoms with Crippen molar-refractivity contribution in [1.82, 2.24) is 4.57 Å². The average molecular weight is 535 g/mol. The smallest absolute Gasteiger partial charge is 0.338 e. The third-order valence-electron chi connectivity index (χ3n) is 6.06. The van der Waals surface area contributed by atoms with E-state index >= 15 is 0 Å². The largest absolute Gasteiger partial charge is 0.504 e. The second-order valence-corrected chi connectivity index (χ2v) is 9.54. The molecular formula is C29H30N2O6S. The van der Waals surface area contributed by atoms with E-state index in [2.05, 4.69) is 11.6 Å². The maximum Gasteiger partial charge on any atom is 0.338 e. The summed E-state index contributed by atoms with van der Waals surface area (Å²) in [6.07, 6.45) is 3.87. The fourth-order valence-electron chi connectivity index (χ4n) is 4.42. The summed E-state index contributed by atoms with van der Waals surface area (Å²) in [5.41, 5.74) is 2.52. The Morgan fingerprint density at radius 1 is 1.24 bits per heavy atom. The number of hydrogen-bond donors (Lipinski definition) is 1. The summed E-state index contributed by atoms with van der Waals surface area (Å²) >= 11 is 1.23. The Hall–Kier alpha value is -4.11. The van der Waals surface area contributed by atoms with Crippen LogP contribution in [0.3, 0.4) is 0 Å². The summed E-state index contributed by atoms with van der Waals surface area (Å²) < 4.78 is 18.3. The van der Waals surface area contributed by atoms with Crippen molar-refractivity contribution >= 4 is 23.4 Å². The zero-order chi connectivity index (χ0) is 27.4. The van der Waals surface area contributed by atoms with Gasteiger partial charge in [0.2, 0.25) is 0 Å². The Morgan fingerprint density at radius 2 is 2.03 bits per heavy atom. The van der Waals surface area contributed by atoms with Gasteiger partial charge in [-0.15, -0.1) is 6.58 Å². The molecule has 2 aromatic carbocycles. The van der Waals surface area contributed by atoms with Crippen molar-refractivity contribution in [2.75, 3.05) is 20.3 Å². The number of thiazole rings is 1. The minimum absolute atomic E-state index is 0.0538. The van der Waals surface area contributed by atoms with Crippen LogP contribution in [0.5, 0.6) is 17.2 Å². The lowest BCUT2D eigenvalue weighted by atomic mass is 9.95. The fourth-order valence-corrected chi connectivity index (χ4v) is 5.47. The predicted octanol–water partition coefficient (Wildman–Crippen LogP) is 3.64. The van der Waals surface area contributed by atoms with Crippen molar-refractivity contribution in [1.29, 1.82) is 0 Å². The van der Waals surface area contributed by atoms with Crippen molar-refractivity contribution in [3.63, 3.8) is 0 Å². The van der Waals surface area contributed by atoms with Crippen LogP contribution < -0.4 is 24.4 Å². The van der Waals surface area contributed by atoms with E-state index in [0.29, 0.717) is 61.8 Å². The average Bonchev–Trinajstić information content (AvgIpc) is 3.20. The first kappa shape index (κ1) is 26.9. The predicted molar refractivity (Wildman–Crippen MR) is 147 cm³/mol. The molecule has 0 bridgehead atoms. The van der Waals surface area contributed by atoms with Gasteiger partial charge in [0.25, 0.3) is 5.56 Å². The Kier molecular flexibility index (Phi) is 8.16. The first-order chi connectivity index (χ1) is 18.3. The molecule has 0 radical (unpaired) electrons. The Morgan fingerprint density at radius 3 is 2.71 bits per heavy atom. The Labute approximate surface area is 224 Å². The monoisotopic (exact) mass is 534 g/mol. The molecule has 8 nitrogen and oxygen atoms in total. The number of benzene rings is 2. The normalized spacial score (nSPS) is 15.1. The van der Waals surface area contributed by atoms with Gasteiger partial charge in [-0.2, -0.15) is 0 Å². The third-order valence-corrected chi connectivity index (χ3v) is 7.05. The van der Waals surface area contributed by atoms with Crippen LogP contribution in [0.15, 0.2) is 70.1 Å². The molecule has 4 rings (SSSR count). The number of methoxy groups -OCH3 is 1. The highest BCUT2D eigenvalue weighted by Gasteiger charge is 2.33. The molecule has 1 aliphatic rings. The number of carbonyl (C=O) groups excluding carboxylic acids is 1. The van der Waals surface area contributed by atoms with Gasteiger partial charge in [-0.05, 0) is 68.7 Å². The molecule has 0 aliphatic carbocycles. The molecule has 0 saturated heterocycles. The summed E-state index contributed by atoms with van der Waals surface area (Å²) in [6.45, 7) is 9.64. The summed E-state index contributed by atoms with van der Waals surface area (Å²) in [6, 6.07) is 10.0. The minimum Gasteiger partial charge on any atom is -0.504 e. The quantitative estimate of drug-likeness (QED) is 0.333. The van der Waals surface area contributed by atoms with E-state index in [9.17, 15) is 14.7 Å². The van der Waals surface area contributed by atoms with Crippen molar-refractivity contribution in [3.05, 3.63) is 96.7 Å². The van der Waals surface area contributed by atoms with E-state index < -0.39 is 12.0 Å². The highest BCUT2D eigenvalue weighted by molar-refractivity contribution is 7.07. The van der Waals surface area contributed by atoms with Gasteiger partial charge < -0.3 is 19.3 Å². The standard InChI is InChI=1S/C29H30N2O6S/c1-6-10-20-13-18(14-22(26(20)32)36-7-2)15-23-27(33)31-25(19-11-9-12-21(16-19)35-5)24(28(34)37-8-3)17(4)30-29(31)38-23/h6,9,11-16,25,32H,1,7-8,10H2,2-5H3/b23-15+/t25-/m1/s1. The number of fused-ring (bicyclic) bond motifs is 1. The van der Waals surface area contributed by atoms with Gasteiger partial charge >= 0.3 is 5.97 Å². The number of phenols is 1. The molecule has 3 aromatic rings. The number of carbonyl (C=O) groups is 1. The molecule has 1 atom stereocenters. The first-order valence-corrected chi connectivity index (χ1v) is 13.1. The molecule has 9 heteroatoms. The molecule has 1 aliphatic heterocycles. The van der Waals surface area contributed by atoms with Gasteiger partial charge in [-0.25, -0.2) is 9.79 Å². The topological polar surface area (TPSA) is 99.4 Å². The van der Waals surface area contributed by atoms with Crippen LogP contribution in [0.25, 0.3) is 6.08 Å². The fraction of sp³-hybridized carbons (Fsp3) is 0.276. The van der Waals surface area contributed by atoms with E-state index in [1.54, 1.807) is 57.4 Å². The summed E-state index contributed by atoms with van der Waals surface area (Å²) in [4.78, 5) is 32.0. The van der Waals surface area contributed by atoms with Gasteiger partial charge in [0.15, 0.2) is 16.3 Å². The van der Waals surface area contributed by atoms with Crippen molar-refractivity contribution in [3.8, 4) is 17.2 Å². The lowest BCUT2D eigenvalue weighted by Crippen LogP contribution is -2.39. The summed E-state index contributed by atoms with van der Waals surface area (Å²) in [5.74, 6) is 0.466. The van der Waals surface area contributed by atoms with Crippen LogP contribution in [0.1, 0.15) is 43.5 Å². The van der Waals surface area contributed by atoms with Crippen LogP contribution in [0.2, 0.25) is 0 Å². The van der Waals surface area contributed by atoms with Crippen LogP contribution in [-0.2, 0) is 16.0 Å². The third kappa shape index (κ3) is 5.15. The minimum atomic E-state index is -0.738. The highest BCUT2D eigenvalue weighted by Crippen LogP contribution is 2.34. The molecule has 198 valence electrons. The molecule has 0 spiro atoms. The zero-order valence-corrected chi connectivity index (χ0v) is 22.6. The molecule has 0 fully saturated rings. The summed E-state index contributed by atoms with van der Waals surface area (Å²) in [7, 11) is 1.56. The molecule has 1 N–H and O–H groups in total. The lowest BCUT2D eigenvalue weighted by molar-refractivity contribution is -0.139. The maximum atomic E-state index is 13.9. The van der Waals surface area contributed by atoms with Crippen LogP contribution >= 0.6 is 11.3 Å². The lowest BCUT2D eigenvalue weighted by Gasteiger charge is -2.25. The number of hydrogen-bond acceptors (Lipinski definition) is 8. The molecule has 0 unspecified atom stereocenters. The number of rotatable bonds is 9. The van der Waals surface area contributed by atoms with Crippen molar-refractivity contribution in [2.24, 2.45) is 4.99 Å². The van der Waals surface area contributed by atoms with E-state index in [-0.39, 0.29) is 17.9 Å². The Bertz CT molecular complexity index is 1600. The van der Waals surface area contributed by atoms with Gasteiger partial charge in [-0.3, -0.25) is 9.36 Å². The number of nitrogens with zero attached hydrogens (tertiary/aromatic N) is 2. The Balaban J connectivity index is 1.95. The number of allylic oxidation sites excluding steroid dienone is 2. The van der Waals surface area contributed by atoms with Gasteiger partial charge in [0.1, 0.15) is 5.75 Å². The molecule has 2 heterocycles. The van der Waals surface area contributed by atoms with E-state index in [4.69, 9.17) is 14.2 Å². The number of phenolic OH excluding ortho intramolecular Hbond substituents is 1. The molecular weight excluding hydrogens is 504 g/mol. The van der Waals surface area contributed by atoms with Crippen LogP contribution in [0.4, 0.5) is 0 Å². The highest BCUT2D eigenvalue weighted by atomic mass is 32.1. The summed E-state index contributed by atoms with van der Waals surface area (Å²) in [5, 5.41) is 10.6. The second kappa shape index (κ2) is 11.5. The van der Waals surface area contributed by atoms with Crippen molar-refractivity contribution < 1.29 is 24.1 Å². The van der Waals surface area contributed by atoms with Crippen LogP contribution in [0, 0.1) is 0 Å². The molecule has 0 saturated carbocycles. The number of aromatic hydroxyl groups is 1. The van der Waals surface area contributed by atoms with Crippen molar-refractivity contribution in [2.45, 2.75) is 33.2 Å². The van der Waals surface area contributed by atoms with Gasteiger partial charge in [0, 0.05) is 5.56 Å². The van der Waals surface area contributed by atoms with E-state index in [1.807, 2.05) is 19.1 Å². The first-order valence-electron chi connectivity index (χ1n) is 12.3. The molecule has 38 heavy (non-hydrogen) atoms. The van der Waals surface area contributed by atoms with E-state index in [1.165, 1.54) is 15.9 Å². The van der Waals surface area contributed by atoms with E-state index in [0.717, 1.165) is 0 Å². The molecule has 0 amide bonds. The van der Waals surface area contributed by atoms with Gasteiger partial charge in [0.05, 0.1) is 42.2 Å². The molecule has 1 aromatic heterocycles. The number of aromatic nitrogens is 1. The van der Waals surface area contributed by atoms with Crippen LogP contribution in [-0.4, -0.2) is 36.0 Å². The number of esters is 1. The zero-order valence-electron chi connectivity index (χ0n) is 21.8. The SMILES string of the molecule is C=CCc1cc(/C=c2/sc3n(c2=O)[C@H](c2cccc(OC)c2)C(C(=O)OCC)=C(C)N=3)cc(OCC)c1O.